The number of nitrogens with one attached hydrogen (secondary N) is 2. The second kappa shape index (κ2) is 9.37. The molecule has 0 aromatic heterocycles. The van der Waals surface area contributed by atoms with Crippen LogP contribution in [0, 0.1) is 5.92 Å². The van der Waals surface area contributed by atoms with Crippen LogP contribution in [-0.4, -0.2) is 58.3 Å². The first-order valence-corrected chi connectivity index (χ1v) is 8.62. The number of hydrogen-bond donors (Lipinski definition) is 2. The van der Waals surface area contributed by atoms with E-state index in [0.717, 1.165) is 18.2 Å². The number of hydrogen-bond acceptors (Lipinski definition) is 4. The summed E-state index contributed by atoms with van der Waals surface area (Å²) in [5.41, 5.74) is 0.916. The maximum atomic E-state index is 5.34. The lowest BCUT2D eigenvalue weighted by Crippen LogP contribution is -2.35. The average molecular weight is 334 g/mol. The van der Waals surface area contributed by atoms with E-state index in [1.54, 1.807) is 21.3 Å². The molecule has 1 aliphatic rings. The van der Waals surface area contributed by atoms with Crippen molar-refractivity contribution in [1.29, 1.82) is 0 Å². The van der Waals surface area contributed by atoms with Crippen LogP contribution in [0.3, 0.4) is 0 Å². The van der Waals surface area contributed by atoms with Crippen LogP contribution in [0.1, 0.15) is 19.8 Å². The molecule has 1 heterocycles. The second-order valence-electron chi connectivity index (χ2n) is 6.10. The zero-order valence-corrected chi connectivity index (χ0v) is 15.3. The van der Waals surface area contributed by atoms with E-state index in [1.165, 1.54) is 32.5 Å². The highest BCUT2D eigenvalue weighted by Gasteiger charge is 2.21. The van der Waals surface area contributed by atoms with Gasteiger partial charge >= 0.3 is 0 Å². The van der Waals surface area contributed by atoms with Crippen LogP contribution in [0.5, 0.6) is 11.5 Å². The van der Waals surface area contributed by atoms with E-state index < -0.39 is 0 Å². The molecule has 1 aromatic rings. The molecule has 0 aliphatic carbocycles. The van der Waals surface area contributed by atoms with Gasteiger partial charge in [0.25, 0.3) is 0 Å². The summed E-state index contributed by atoms with van der Waals surface area (Å²) in [6.45, 7) is 6.76. The van der Waals surface area contributed by atoms with Gasteiger partial charge < -0.3 is 25.0 Å². The molecule has 134 valence electrons. The topological polar surface area (TPSA) is 58.1 Å². The number of aliphatic imine (C=N–C) groups is 1. The molecule has 6 heteroatoms. The summed E-state index contributed by atoms with van der Waals surface area (Å²) in [4.78, 5) is 6.85. The maximum Gasteiger partial charge on any atom is 0.195 e. The Hall–Kier alpha value is -1.95. The molecule has 0 bridgehead atoms. The summed E-state index contributed by atoms with van der Waals surface area (Å²) in [6.07, 6.45) is 2.48. The van der Waals surface area contributed by atoms with Gasteiger partial charge in [0, 0.05) is 31.9 Å². The standard InChI is InChI=1S/C18H30N4O2/c1-5-9-22-10-8-14(13-22)12-20-18(19-2)21-15-6-7-16(23-3)17(11-15)24-4/h6-7,11,14H,5,8-10,12-13H2,1-4H3,(H2,19,20,21). The lowest BCUT2D eigenvalue weighted by Gasteiger charge is -2.17. The first kappa shape index (κ1) is 18.4. The summed E-state index contributed by atoms with van der Waals surface area (Å²) in [6, 6.07) is 5.74. The number of nitrogens with zero attached hydrogens (tertiary/aromatic N) is 2. The van der Waals surface area contributed by atoms with Crippen molar-refractivity contribution in [1.82, 2.24) is 10.2 Å². The van der Waals surface area contributed by atoms with Gasteiger partial charge in [0.05, 0.1) is 14.2 Å². The molecule has 1 aliphatic heterocycles. The number of methoxy groups -OCH3 is 2. The summed E-state index contributed by atoms with van der Waals surface area (Å²) in [5, 5.41) is 6.73. The number of rotatable bonds is 7. The van der Waals surface area contributed by atoms with Crippen molar-refractivity contribution in [2.45, 2.75) is 19.8 Å². The number of anilines is 1. The quantitative estimate of drug-likeness (QED) is 0.592. The Balaban J connectivity index is 1.87. The highest BCUT2D eigenvalue weighted by molar-refractivity contribution is 5.93. The molecule has 2 N–H and O–H groups in total. The fourth-order valence-corrected chi connectivity index (χ4v) is 3.07. The van der Waals surface area contributed by atoms with Crippen molar-refractivity contribution < 1.29 is 9.47 Å². The number of benzene rings is 1. The number of ether oxygens (including phenoxy) is 2. The van der Waals surface area contributed by atoms with E-state index in [9.17, 15) is 0 Å². The van der Waals surface area contributed by atoms with Crippen LogP contribution in [0.2, 0.25) is 0 Å². The van der Waals surface area contributed by atoms with Gasteiger partial charge in [0.1, 0.15) is 0 Å². The largest absolute Gasteiger partial charge is 0.493 e. The van der Waals surface area contributed by atoms with Gasteiger partial charge in [-0.3, -0.25) is 4.99 Å². The summed E-state index contributed by atoms with van der Waals surface area (Å²) < 4.78 is 10.6. The summed E-state index contributed by atoms with van der Waals surface area (Å²) >= 11 is 0. The van der Waals surface area contributed by atoms with Gasteiger partial charge in [0.2, 0.25) is 0 Å². The van der Waals surface area contributed by atoms with Gasteiger partial charge in [-0.05, 0) is 44.0 Å². The van der Waals surface area contributed by atoms with Gasteiger partial charge in [-0.25, -0.2) is 0 Å². The molecule has 6 nitrogen and oxygen atoms in total. The van der Waals surface area contributed by atoms with Crippen molar-refractivity contribution in [3.63, 3.8) is 0 Å². The number of likely N-dealkylation sites (tertiary alicyclic amines) is 1. The summed E-state index contributed by atoms with van der Waals surface area (Å²) in [5.74, 6) is 2.87. The smallest absolute Gasteiger partial charge is 0.195 e. The third-order valence-electron chi connectivity index (χ3n) is 4.34. The van der Waals surface area contributed by atoms with Gasteiger partial charge in [-0.1, -0.05) is 6.92 Å². The van der Waals surface area contributed by atoms with E-state index in [4.69, 9.17) is 9.47 Å². The Bertz CT molecular complexity index is 548. The van der Waals surface area contributed by atoms with Gasteiger partial charge in [-0.2, -0.15) is 0 Å². The molecular weight excluding hydrogens is 304 g/mol. The Morgan fingerprint density at radius 3 is 2.75 bits per heavy atom. The van der Waals surface area contributed by atoms with Crippen LogP contribution >= 0.6 is 0 Å². The zero-order chi connectivity index (χ0) is 17.4. The molecule has 0 amide bonds. The van der Waals surface area contributed by atoms with E-state index in [0.29, 0.717) is 17.4 Å². The van der Waals surface area contributed by atoms with E-state index in [1.807, 2.05) is 18.2 Å². The first-order chi connectivity index (χ1) is 11.7. The Morgan fingerprint density at radius 2 is 2.08 bits per heavy atom. The minimum absolute atomic E-state index is 0.681. The maximum absolute atomic E-state index is 5.34. The third kappa shape index (κ3) is 5.03. The van der Waals surface area contributed by atoms with Crippen molar-refractivity contribution >= 4 is 11.6 Å². The monoisotopic (exact) mass is 334 g/mol. The van der Waals surface area contributed by atoms with Crippen LogP contribution < -0.4 is 20.1 Å². The molecule has 1 atom stereocenters. The molecule has 0 spiro atoms. The predicted octanol–water partition coefficient (Wildman–Crippen LogP) is 2.42. The molecule has 0 saturated carbocycles. The van der Waals surface area contributed by atoms with E-state index in [-0.39, 0.29) is 0 Å². The third-order valence-corrected chi connectivity index (χ3v) is 4.34. The minimum atomic E-state index is 0.681. The SMILES string of the molecule is CCCN1CCC(CNC(=NC)Nc2ccc(OC)c(OC)c2)C1. The molecule has 1 saturated heterocycles. The second-order valence-corrected chi connectivity index (χ2v) is 6.10. The highest BCUT2D eigenvalue weighted by atomic mass is 16.5. The lowest BCUT2D eigenvalue weighted by molar-refractivity contribution is 0.324. The Kier molecular flexibility index (Phi) is 7.18. The number of guanidine groups is 1. The van der Waals surface area contributed by atoms with Crippen molar-refractivity contribution in [3.8, 4) is 11.5 Å². The van der Waals surface area contributed by atoms with Crippen molar-refractivity contribution in [3.05, 3.63) is 18.2 Å². The summed E-state index contributed by atoms with van der Waals surface area (Å²) in [7, 11) is 5.06. The molecule has 1 unspecified atom stereocenters. The minimum Gasteiger partial charge on any atom is -0.493 e. The van der Waals surface area contributed by atoms with E-state index in [2.05, 4.69) is 27.4 Å². The Morgan fingerprint density at radius 1 is 1.29 bits per heavy atom. The van der Waals surface area contributed by atoms with Gasteiger partial charge in [-0.15, -0.1) is 0 Å². The Labute approximate surface area is 145 Å². The average Bonchev–Trinajstić information content (AvgIpc) is 3.06. The molecule has 1 fully saturated rings. The molecule has 2 rings (SSSR count). The van der Waals surface area contributed by atoms with Crippen LogP contribution in [0.15, 0.2) is 23.2 Å². The fourth-order valence-electron chi connectivity index (χ4n) is 3.07. The normalized spacial score (nSPS) is 18.5. The van der Waals surface area contributed by atoms with Crippen LogP contribution in [0.25, 0.3) is 0 Å². The van der Waals surface area contributed by atoms with Crippen molar-refractivity contribution in [2.24, 2.45) is 10.9 Å². The zero-order valence-electron chi connectivity index (χ0n) is 15.3. The predicted molar refractivity (Wildman–Crippen MR) is 99.4 cm³/mol. The highest BCUT2D eigenvalue weighted by Crippen LogP contribution is 2.29. The molecule has 0 radical (unpaired) electrons. The molecule has 24 heavy (non-hydrogen) atoms. The van der Waals surface area contributed by atoms with E-state index >= 15 is 0 Å². The van der Waals surface area contributed by atoms with Crippen LogP contribution in [-0.2, 0) is 0 Å². The molecule has 1 aromatic carbocycles. The molecular formula is C18H30N4O2. The van der Waals surface area contributed by atoms with Crippen LogP contribution in [0.4, 0.5) is 5.69 Å². The fraction of sp³-hybridized carbons (Fsp3) is 0.611. The van der Waals surface area contributed by atoms with Gasteiger partial charge in [0.15, 0.2) is 17.5 Å². The lowest BCUT2D eigenvalue weighted by atomic mass is 10.1. The van der Waals surface area contributed by atoms with Crippen molar-refractivity contribution in [2.75, 3.05) is 52.8 Å². The first-order valence-electron chi connectivity index (χ1n) is 8.62.